The number of hydrogen-bond donors (Lipinski definition) is 2. The van der Waals surface area contributed by atoms with E-state index in [1.54, 1.807) is 5.38 Å². The quantitative estimate of drug-likeness (QED) is 0.862. The molecule has 112 valence electrons. The molecule has 0 spiro atoms. The molecular formula is C16H20N2O2S. The van der Waals surface area contributed by atoms with Gasteiger partial charge in [0.15, 0.2) is 0 Å². The third-order valence-corrected chi connectivity index (χ3v) is 4.23. The topological polar surface area (TPSA) is 62.2 Å². The van der Waals surface area contributed by atoms with Crippen molar-refractivity contribution in [3.05, 3.63) is 45.4 Å². The summed E-state index contributed by atoms with van der Waals surface area (Å²) in [5.74, 6) is -0.0653. The molecule has 0 bridgehead atoms. The fraction of sp³-hybridized carbons (Fsp3) is 0.375. The average Bonchev–Trinajstić information content (AvgIpc) is 2.94. The molecule has 0 aliphatic rings. The summed E-state index contributed by atoms with van der Waals surface area (Å²) in [5, 5.41) is 14.5. The second-order valence-corrected chi connectivity index (χ2v) is 5.72. The van der Waals surface area contributed by atoms with Crippen molar-refractivity contribution in [3.8, 4) is 0 Å². The Morgan fingerprint density at radius 1 is 1.29 bits per heavy atom. The van der Waals surface area contributed by atoms with Crippen LogP contribution in [0.25, 0.3) is 0 Å². The molecule has 21 heavy (non-hydrogen) atoms. The average molecular weight is 304 g/mol. The van der Waals surface area contributed by atoms with Gasteiger partial charge >= 0.3 is 0 Å². The number of nitrogens with one attached hydrogen (secondary N) is 1. The lowest BCUT2D eigenvalue weighted by molar-refractivity contribution is -0.115. The Labute approximate surface area is 128 Å². The number of aromatic nitrogens is 1. The predicted molar refractivity (Wildman–Crippen MR) is 85.6 cm³/mol. The van der Waals surface area contributed by atoms with Crippen LogP contribution in [0.3, 0.4) is 0 Å². The van der Waals surface area contributed by atoms with Gasteiger partial charge in [0.25, 0.3) is 0 Å². The zero-order valence-electron chi connectivity index (χ0n) is 12.3. The van der Waals surface area contributed by atoms with Crippen LogP contribution in [0.5, 0.6) is 0 Å². The van der Waals surface area contributed by atoms with E-state index in [1.807, 2.05) is 18.2 Å². The molecule has 5 heteroatoms. The molecule has 2 N–H and O–H groups in total. The summed E-state index contributed by atoms with van der Waals surface area (Å²) in [5.41, 5.74) is 3.85. The molecule has 0 fully saturated rings. The molecule has 0 aliphatic carbocycles. The molecule has 0 saturated heterocycles. The van der Waals surface area contributed by atoms with E-state index >= 15 is 0 Å². The van der Waals surface area contributed by atoms with Crippen LogP contribution >= 0.6 is 11.3 Å². The molecule has 1 amide bonds. The van der Waals surface area contributed by atoms with E-state index in [1.165, 1.54) is 11.3 Å². The van der Waals surface area contributed by atoms with Crippen LogP contribution < -0.4 is 5.32 Å². The number of aliphatic hydroxyl groups is 1. The van der Waals surface area contributed by atoms with Gasteiger partial charge in [0, 0.05) is 11.1 Å². The first-order valence-electron chi connectivity index (χ1n) is 7.12. The summed E-state index contributed by atoms with van der Waals surface area (Å²) >= 11 is 1.40. The number of amides is 1. The molecule has 1 heterocycles. The van der Waals surface area contributed by atoms with Crippen LogP contribution in [0.4, 0.5) is 5.69 Å². The van der Waals surface area contributed by atoms with E-state index in [-0.39, 0.29) is 18.9 Å². The lowest BCUT2D eigenvalue weighted by atomic mass is 10.0. The standard InChI is InChI=1S/C16H20N2O2S/c1-3-11-6-5-7-12(4-2)16(11)18-14(20)8-15-17-13(9-19)10-21-15/h5-7,10,19H,3-4,8-9H2,1-2H3,(H,18,20). The summed E-state index contributed by atoms with van der Waals surface area (Å²) in [4.78, 5) is 16.4. The van der Waals surface area contributed by atoms with Gasteiger partial charge in [-0.05, 0) is 24.0 Å². The van der Waals surface area contributed by atoms with Crippen LogP contribution in [0, 0.1) is 0 Å². The molecule has 0 atom stereocenters. The van der Waals surface area contributed by atoms with Gasteiger partial charge in [0.2, 0.25) is 5.91 Å². The van der Waals surface area contributed by atoms with Crippen molar-refractivity contribution in [2.75, 3.05) is 5.32 Å². The van der Waals surface area contributed by atoms with Crippen LogP contribution in [0.2, 0.25) is 0 Å². The van der Waals surface area contributed by atoms with Gasteiger partial charge in [-0.25, -0.2) is 4.98 Å². The van der Waals surface area contributed by atoms with Crippen LogP contribution in [0.15, 0.2) is 23.6 Å². The van der Waals surface area contributed by atoms with Crippen molar-refractivity contribution in [1.29, 1.82) is 0 Å². The minimum absolute atomic E-state index is 0.0653. The first kappa shape index (κ1) is 15.7. The minimum atomic E-state index is -0.0865. The fourth-order valence-electron chi connectivity index (χ4n) is 2.23. The normalized spacial score (nSPS) is 10.6. The van der Waals surface area contributed by atoms with E-state index in [0.717, 1.165) is 34.7 Å². The Kier molecular flexibility index (Phi) is 5.47. The Bertz CT molecular complexity index is 600. The number of para-hydroxylation sites is 1. The molecule has 1 aromatic heterocycles. The Morgan fingerprint density at radius 3 is 2.48 bits per heavy atom. The monoisotopic (exact) mass is 304 g/mol. The number of rotatable bonds is 6. The molecule has 0 aliphatic heterocycles. The minimum Gasteiger partial charge on any atom is -0.390 e. The van der Waals surface area contributed by atoms with Gasteiger partial charge in [-0.3, -0.25) is 4.79 Å². The second kappa shape index (κ2) is 7.33. The molecule has 4 nitrogen and oxygen atoms in total. The predicted octanol–water partition coefficient (Wildman–Crippen LogP) is 2.94. The van der Waals surface area contributed by atoms with Crippen molar-refractivity contribution >= 4 is 22.9 Å². The highest BCUT2D eigenvalue weighted by molar-refractivity contribution is 7.09. The highest BCUT2D eigenvalue weighted by atomic mass is 32.1. The van der Waals surface area contributed by atoms with Gasteiger partial charge < -0.3 is 10.4 Å². The van der Waals surface area contributed by atoms with Gasteiger partial charge in [-0.2, -0.15) is 0 Å². The number of aryl methyl sites for hydroxylation is 2. The molecule has 2 rings (SSSR count). The number of carbonyl (C=O) groups is 1. The van der Waals surface area contributed by atoms with Crippen LogP contribution in [-0.2, 0) is 30.7 Å². The van der Waals surface area contributed by atoms with E-state index in [9.17, 15) is 4.79 Å². The highest BCUT2D eigenvalue weighted by Crippen LogP contribution is 2.23. The first-order valence-corrected chi connectivity index (χ1v) is 8.00. The number of carbonyl (C=O) groups excluding carboxylic acids is 1. The number of benzene rings is 1. The van der Waals surface area contributed by atoms with Gasteiger partial charge in [-0.15, -0.1) is 11.3 Å². The molecule has 1 aromatic carbocycles. The van der Waals surface area contributed by atoms with Crippen molar-refractivity contribution in [2.45, 2.75) is 39.7 Å². The Balaban J connectivity index is 2.12. The zero-order chi connectivity index (χ0) is 15.2. The van der Waals surface area contributed by atoms with Gasteiger partial charge in [0.05, 0.1) is 18.7 Å². The third-order valence-electron chi connectivity index (χ3n) is 3.34. The number of thiazole rings is 1. The molecule has 0 unspecified atom stereocenters. The van der Waals surface area contributed by atoms with Crippen LogP contribution in [-0.4, -0.2) is 16.0 Å². The summed E-state index contributed by atoms with van der Waals surface area (Å²) in [6.07, 6.45) is 2.01. The second-order valence-electron chi connectivity index (χ2n) is 4.77. The molecule has 0 saturated carbocycles. The number of anilines is 1. The van der Waals surface area contributed by atoms with Gasteiger partial charge in [-0.1, -0.05) is 32.0 Å². The lowest BCUT2D eigenvalue weighted by Gasteiger charge is -2.14. The third kappa shape index (κ3) is 3.89. The zero-order valence-corrected chi connectivity index (χ0v) is 13.2. The van der Waals surface area contributed by atoms with Crippen molar-refractivity contribution < 1.29 is 9.90 Å². The summed E-state index contributed by atoms with van der Waals surface area (Å²) in [6.45, 7) is 4.08. The molecule has 0 radical (unpaired) electrons. The smallest absolute Gasteiger partial charge is 0.231 e. The number of hydrogen-bond acceptors (Lipinski definition) is 4. The SMILES string of the molecule is CCc1cccc(CC)c1NC(=O)Cc1nc(CO)cs1. The maximum atomic E-state index is 12.2. The van der Waals surface area contributed by atoms with E-state index in [2.05, 4.69) is 24.1 Å². The maximum absolute atomic E-state index is 12.2. The molecule has 2 aromatic rings. The fourth-order valence-corrected chi connectivity index (χ4v) is 3.01. The summed E-state index contributed by atoms with van der Waals surface area (Å²) in [6, 6.07) is 6.12. The summed E-state index contributed by atoms with van der Waals surface area (Å²) in [7, 11) is 0. The van der Waals surface area contributed by atoms with E-state index < -0.39 is 0 Å². The largest absolute Gasteiger partial charge is 0.390 e. The van der Waals surface area contributed by atoms with Crippen molar-refractivity contribution in [1.82, 2.24) is 4.98 Å². The lowest BCUT2D eigenvalue weighted by Crippen LogP contribution is -2.17. The van der Waals surface area contributed by atoms with Crippen molar-refractivity contribution in [2.24, 2.45) is 0 Å². The van der Waals surface area contributed by atoms with Crippen molar-refractivity contribution in [3.63, 3.8) is 0 Å². The Hall–Kier alpha value is -1.72. The molecular weight excluding hydrogens is 284 g/mol. The van der Waals surface area contributed by atoms with Gasteiger partial charge in [0.1, 0.15) is 5.01 Å². The van der Waals surface area contributed by atoms with E-state index in [0.29, 0.717) is 5.69 Å². The summed E-state index contributed by atoms with van der Waals surface area (Å²) < 4.78 is 0. The number of aliphatic hydroxyl groups excluding tert-OH is 1. The van der Waals surface area contributed by atoms with E-state index in [4.69, 9.17) is 5.11 Å². The van der Waals surface area contributed by atoms with Crippen LogP contribution in [0.1, 0.15) is 35.7 Å². The first-order chi connectivity index (χ1) is 10.2. The number of nitrogens with zero attached hydrogens (tertiary/aromatic N) is 1. The highest BCUT2D eigenvalue weighted by Gasteiger charge is 2.12. The Morgan fingerprint density at radius 2 is 1.95 bits per heavy atom. The maximum Gasteiger partial charge on any atom is 0.231 e.